The lowest BCUT2D eigenvalue weighted by atomic mass is 9.96. The number of nitrogens with zero attached hydrogens (tertiary/aromatic N) is 2. The minimum Gasteiger partial charge on any atom is -0.361 e. The van der Waals surface area contributed by atoms with Crippen molar-refractivity contribution >= 4 is 11.3 Å². The number of fused-ring (bicyclic) bond motifs is 1. The molecule has 1 aromatic carbocycles. The van der Waals surface area contributed by atoms with Crippen molar-refractivity contribution in [3.8, 4) is 0 Å². The fraction of sp³-hybridized carbons (Fsp3) is 0.235. The van der Waals surface area contributed by atoms with Crippen molar-refractivity contribution in [3.63, 3.8) is 0 Å². The average molecular weight is 250 g/mol. The molecule has 2 heteroatoms. The molecule has 2 aromatic rings. The molecule has 3 rings (SSSR count). The minimum atomic E-state index is 0.420. The summed E-state index contributed by atoms with van der Waals surface area (Å²) >= 11 is 0. The second-order valence-electron chi connectivity index (χ2n) is 5.09. The Bertz CT molecular complexity index is 602. The van der Waals surface area contributed by atoms with E-state index in [9.17, 15) is 0 Å². The Morgan fingerprint density at radius 3 is 2.63 bits per heavy atom. The zero-order chi connectivity index (χ0) is 13.2. The molecule has 0 aliphatic carbocycles. The van der Waals surface area contributed by atoms with E-state index in [-0.39, 0.29) is 0 Å². The quantitative estimate of drug-likeness (QED) is 0.803. The minimum absolute atomic E-state index is 0.420. The normalized spacial score (nSPS) is 17.9. The number of para-hydroxylation sites is 1. The topological polar surface area (TPSA) is 16.1 Å². The van der Waals surface area contributed by atoms with Crippen LogP contribution in [-0.2, 0) is 6.54 Å². The zero-order valence-electron chi connectivity index (χ0n) is 11.4. The van der Waals surface area contributed by atoms with Crippen molar-refractivity contribution in [3.05, 3.63) is 66.0 Å². The maximum atomic E-state index is 4.08. The van der Waals surface area contributed by atoms with E-state index in [1.54, 1.807) is 0 Å². The molecule has 1 aliphatic heterocycles. The maximum absolute atomic E-state index is 4.08. The van der Waals surface area contributed by atoms with Crippen LogP contribution in [0.1, 0.15) is 25.0 Å². The van der Waals surface area contributed by atoms with Gasteiger partial charge in [0.15, 0.2) is 0 Å². The van der Waals surface area contributed by atoms with Gasteiger partial charge in [0.25, 0.3) is 0 Å². The first-order valence-corrected chi connectivity index (χ1v) is 6.69. The van der Waals surface area contributed by atoms with E-state index in [0.717, 1.165) is 6.54 Å². The van der Waals surface area contributed by atoms with E-state index in [0.29, 0.717) is 6.04 Å². The van der Waals surface area contributed by atoms with E-state index in [1.165, 1.54) is 22.4 Å². The summed E-state index contributed by atoms with van der Waals surface area (Å²) in [4.78, 5) is 6.53. The number of hydrogen-bond donors (Lipinski definition) is 0. The van der Waals surface area contributed by atoms with Crippen LogP contribution < -0.4 is 4.90 Å². The molecule has 0 amide bonds. The molecule has 0 fully saturated rings. The van der Waals surface area contributed by atoms with Gasteiger partial charge in [-0.1, -0.05) is 24.3 Å². The molecular weight excluding hydrogens is 232 g/mol. The van der Waals surface area contributed by atoms with Crippen LogP contribution in [-0.4, -0.2) is 11.0 Å². The molecule has 19 heavy (non-hydrogen) atoms. The Morgan fingerprint density at radius 2 is 1.84 bits per heavy atom. The van der Waals surface area contributed by atoms with Gasteiger partial charge in [-0.05, 0) is 43.2 Å². The summed E-state index contributed by atoms with van der Waals surface area (Å²) in [6.07, 6.45) is 6.05. The van der Waals surface area contributed by atoms with E-state index in [2.05, 4.69) is 66.2 Å². The first-order chi connectivity index (χ1) is 9.25. The molecular formula is C17H18N2. The molecule has 1 atom stereocenters. The van der Waals surface area contributed by atoms with Crippen molar-refractivity contribution in [1.82, 2.24) is 4.98 Å². The van der Waals surface area contributed by atoms with Crippen LogP contribution in [0.2, 0.25) is 0 Å². The van der Waals surface area contributed by atoms with Crippen LogP contribution in [0.3, 0.4) is 0 Å². The lowest BCUT2D eigenvalue weighted by Gasteiger charge is -2.35. The molecule has 2 heterocycles. The average Bonchev–Trinajstić information content (AvgIpc) is 2.45. The third-order valence-corrected chi connectivity index (χ3v) is 3.72. The summed E-state index contributed by atoms with van der Waals surface area (Å²) in [5.41, 5.74) is 5.33. The Morgan fingerprint density at radius 1 is 1.11 bits per heavy atom. The molecule has 1 aromatic heterocycles. The van der Waals surface area contributed by atoms with Gasteiger partial charge in [0.2, 0.25) is 0 Å². The molecule has 0 saturated carbocycles. The van der Waals surface area contributed by atoms with Gasteiger partial charge in [0.1, 0.15) is 0 Å². The molecule has 0 bridgehead atoms. The molecule has 1 aliphatic rings. The fourth-order valence-electron chi connectivity index (χ4n) is 2.73. The van der Waals surface area contributed by atoms with Gasteiger partial charge in [0.05, 0.1) is 0 Å². The van der Waals surface area contributed by atoms with Crippen molar-refractivity contribution in [2.45, 2.75) is 26.4 Å². The van der Waals surface area contributed by atoms with Crippen molar-refractivity contribution in [2.24, 2.45) is 0 Å². The summed E-state index contributed by atoms with van der Waals surface area (Å²) in [6, 6.07) is 13.2. The highest BCUT2D eigenvalue weighted by molar-refractivity contribution is 5.79. The lowest BCUT2D eigenvalue weighted by molar-refractivity contribution is 0.724. The van der Waals surface area contributed by atoms with Crippen LogP contribution >= 0.6 is 0 Å². The SMILES string of the molecule is CC1=CC(C)N(Cc2ccncc2)c2ccccc21. The molecule has 0 saturated heterocycles. The molecule has 0 radical (unpaired) electrons. The second-order valence-corrected chi connectivity index (χ2v) is 5.09. The summed E-state index contributed by atoms with van der Waals surface area (Å²) in [5, 5.41) is 0. The highest BCUT2D eigenvalue weighted by atomic mass is 15.2. The first-order valence-electron chi connectivity index (χ1n) is 6.69. The Kier molecular flexibility index (Phi) is 3.08. The third kappa shape index (κ3) is 2.26. The van der Waals surface area contributed by atoms with Gasteiger partial charge in [-0.2, -0.15) is 0 Å². The highest BCUT2D eigenvalue weighted by Gasteiger charge is 2.21. The summed E-state index contributed by atoms with van der Waals surface area (Å²) in [7, 11) is 0. The van der Waals surface area contributed by atoms with Crippen LogP contribution in [0.25, 0.3) is 5.57 Å². The number of hydrogen-bond acceptors (Lipinski definition) is 2. The zero-order valence-corrected chi connectivity index (χ0v) is 11.4. The maximum Gasteiger partial charge on any atom is 0.0454 e. The van der Waals surface area contributed by atoms with Crippen LogP contribution in [0.4, 0.5) is 5.69 Å². The van der Waals surface area contributed by atoms with E-state index < -0.39 is 0 Å². The van der Waals surface area contributed by atoms with Crippen molar-refractivity contribution in [1.29, 1.82) is 0 Å². The van der Waals surface area contributed by atoms with Gasteiger partial charge in [-0.25, -0.2) is 0 Å². The van der Waals surface area contributed by atoms with Crippen LogP contribution in [0.5, 0.6) is 0 Å². The van der Waals surface area contributed by atoms with Gasteiger partial charge >= 0.3 is 0 Å². The summed E-state index contributed by atoms with van der Waals surface area (Å²) in [5.74, 6) is 0. The Labute approximate surface area is 114 Å². The molecule has 96 valence electrons. The van der Waals surface area contributed by atoms with Gasteiger partial charge in [0, 0.05) is 36.2 Å². The third-order valence-electron chi connectivity index (χ3n) is 3.72. The molecule has 1 unspecified atom stereocenters. The largest absolute Gasteiger partial charge is 0.361 e. The number of rotatable bonds is 2. The number of anilines is 1. The Balaban J connectivity index is 1.98. The number of benzene rings is 1. The first kappa shape index (κ1) is 12.0. The Hall–Kier alpha value is -2.09. The van der Waals surface area contributed by atoms with E-state index in [4.69, 9.17) is 0 Å². The van der Waals surface area contributed by atoms with Crippen molar-refractivity contribution < 1.29 is 0 Å². The number of pyridine rings is 1. The lowest BCUT2D eigenvalue weighted by Crippen LogP contribution is -2.34. The second kappa shape index (κ2) is 4.88. The molecule has 0 spiro atoms. The summed E-state index contributed by atoms with van der Waals surface area (Å²) < 4.78 is 0. The molecule has 2 nitrogen and oxygen atoms in total. The van der Waals surface area contributed by atoms with Crippen LogP contribution in [0, 0.1) is 0 Å². The standard InChI is InChI=1S/C17H18N2/c1-13-11-14(2)19(12-15-7-9-18-10-8-15)17-6-4-3-5-16(13)17/h3-11,14H,12H2,1-2H3. The predicted octanol–water partition coefficient (Wildman–Crippen LogP) is 3.89. The number of allylic oxidation sites excluding steroid dienone is 1. The van der Waals surface area contributed by atoms with Crippen LogP contribution in [0.15, 0.2) is 54.9 Å². The van der Waals surface area contributed by atoms with Gasteiger partial charge in [-0.3, -0.25) is 4.98 Å². The smallest absolute Gasteiger partial charge is 0.0454 e. The van der Waals surface area contributed by atoms with E-state index in [1.807, 2.05) is 12.4 Å². The highest BCUT2D eigenvalue weighted by Crippen LogP contribution is 2.34. The van der Waals surface area contributed by atoms with Crippen molar-refractivity contribution in [2.75, 3.05) is 4.90 Å². The predicted molar refractivity (Wildman–Crippen MR) is 80.0 cm³/mol. The number of aromatic nitrogens is 1. The summed E-state index contributed by atoms with van der Waals surface area (Å²) in [6.45, 7) is 5.37. The monoisotopic (exact) mass is 250 g/mol. The molecule has 0 N–H and O–H groups in total. The van der Waals surface area contributed by atoms with E-state index >= 15 is 0 Å². The van der Waals surface area contributed by atoms with Gasteiger partial charge in [-0.15, -0.1) is 0 Å². The fourth-order valence-corrected chi connectivity index (χ4v) is 2.73. The van der Waals surface area contributed by atoms with Gasteiger partial charge < -0.3 is 4.90 Å².